The average Bonchev–Trinajstić information content (AvgIpc) is 3.66. The van der Waals surface area contributed by atoms with Crippen molar-refractivity contribution in [3.05, 3.63) is 82.9 Å². The average molecular weight is 524 g/mol. The summed E-state index contributed by atoms with van der Waals surface area (Å²) in [6.45, 7) is 2.58. The van der Waals surface area contributed by atoms with Crippen LogP contribution in [0.2, 0.25) is 0 Å². The fourth-order valence-electron chi connectivity index (χ4n) is 7.86. The van der Waals surface area contributed by atoms with E-state index < -0.39 is 16.9 Å². The van der Waals surface area contributed by atoms with Gasteiger partial charge in [0.15, 0.2) is 5.78 Å². The number of carbonyl (C=O) groups is 3. The third kappa shape index (κ3) is 2.74. The van der Waals surface area contributed by atoms with Gasteiger partial charge in [0.1, 0.15) is 22.5 Å². The van der Waals surface area contributed by atoms with Crippen LogP contribution in [0, 0.1) is 12.8 Å². The van der Waals surface area contributed by atoms with E-state index in [1.165, 1.54) is 7.11 Å². The van der Waals surface area contributed by atoms with E-state index >= 15 is 0 Å². The largest absolute Gasteiger partial charge is 0.497 e. The summed E-state index contributed by atoms with van der Waals surface area (Å²) >= 11 is 0. The van der Waals surface area contributed by atoms with Gasteiger partial charge in [-0.1, -0.05) is 35.9 Å². The summed E-state index contributed by atoms with van der Waals surface area (Å²) in [5.41, 5.74) is 1.23. The van der Waals surface area contributed by atoms with Crippen LogP contribution >= 0.6 is 0 Å². The Morgan fingerprint density at radius 3 is 2.49 bits per heavy atom. The molecule has 4 unspecified atom stereocenters. The maximum atomic E-state index is 14.9. The quantitative estimate of drug-likeness (QED) is 0.502. The molecule has 2 spiro atoms. The van der Waals surface area contributed by atoms with Crippen molar-refractivity contribution in [2.24, 2.45) is 5.92 Å². The normalized spacial score (nSPS) is 28.3. The molecule has 2 fully saturated rings. The monoisotopic (exact) mass is 523 g/mol. The lowest BCUT2D eigenvalue weighted by Gasteiger charge is -2.43. The molecule has 8 nitrogen and oxygen atoms in total. The van der Waals surface area contributed by atoms with Crippen LogP contribution in [0.4, 0.5) is 11.4 Å². The molecule has 2 N–H and O–H groups in total. The van der Waals surface area contributed by atoms with Gasteiger partial charge in [-0.25, -0.2) is 0 Å². The lowest BCUT2D eigenvalue weighted by atomic mass is 9.57. The van der Waals surface area contributed by atoms with Crippen molar-refractivity contribution in [2.75, 3.05) is 31.4 Å². The fourth-order valence-corrected chi connectivity index (χ4v) is 7.86. The first-order valence-corrected chi connectivity index (χ1v) is 13.3. The molecule has 198 valence electrons. The highest BCUT2D eigenvalue weighted by Gasteiger charge is 2.81. The van der Waals surface area contributed by atoms with E-state index in [4.69, 9.17) is 9.47 Å². The van der Waals surface area contributed by atoms with Crippen molar-refractivity contribution in [3.8, 4) is 11.5 Å². The number of nitrogens with zero attached hydrogens (tertiary/aromatic N) is 1. The van der Waals surface area contributed by atoms with E-state index in [0.29, 0.717) is 47.0 Å². The number of hydrogen-bond acceptors (Lipinski definition) is 6. The lowest BCUT2D eigenvalue weighted by Crippen LogP contribution is -2.62. The minimum absolute atomic E-state index is 0.218. The van der Waals surface area contributed by atoms with Crippen LogP contribution in [0.25, 0.3) is 0 Å². The van der Waals surface area contributed by atoms with Gasteiger partial charge >= 0.3 is 0 Å². The Labute approximate surface area is 226 Å². The Hall–Kier alpha value is -4.17. The minimum Gasteiger partial charge on any atom is -0.497 e. The first kappa shape index (κ1) is 23.9. The van der Waals surface area contributed by atoms with E-state index in [1.807, 2.05) is 49.4 Å². The molecule has 8 heteroatoms. The number of methoxy groups -OCH3 is 2. The second-order valence-corrected chi connectivity index (χ2v) is 10.8. The maximum Gasteiger partial charge on any atom is 0.251 e. The predicted molar refractivity (Wildman–Crippen MR) is 145 cm³/mol. The van der Waals surface area contributed by atoms with Gasteiger partial charge in [0, 0.05) is 29.0 Å². The number of Topliss-reactive ketones (excluding diaryl/α,β-unsaturated/α-hetero) is 1. The number of nitrogens with one attached hydrogen (secondary N) is 2. The Morgan fingerprint density at radius 1 is 0.923 bits per heavy atom. The van der Waals surface area contributed by atoms with E-state index in [-0.39, 0.29) is 23.6 Å². The molecule has 7 rings (SSSR count). The summed E-state index contributed by atoms with van der Waals surface area (Å²) in [4.78, 5) is 46.0. The number of amides is 2. The van der Waals surface area contributed by atoms with E-state index in [0.717, 1.165) is 17.5 Å². The van der Waals surface area contributed by atoms with Crippen molar-refractivity contribution < 1.29 is 23.9 Å². The molecule has 3 aromatic rings. The number of ketones is 1. The van der Waals surface area contributed by atoms with Crippen LogP contribution in [0.1, 0.15) is 39.9 Å². The summed E-state index contributed by atoms with van der Waals surface area (Å²) in [6.07, 6.45) is 1.52. The van der Waals surface area contributed by atoms with Crippen LogP contribution < -0.4 is 20.1 Å². The van der Waals surface area contributed by atoms with Gasteiger partial charge in [0.25, 0.3) is 5.91 Å². The molecule has 0 aliphatic carbocycles. The molecule has 3 aromatic carbocycles. The highest BCUT2D eigenvalue weighted by atomic mass is 16.5. The zero-order chi connectivity index (χ0) is 27.1. The molecule has 4 aliphatic rings. The number of fused-ring (bicyclic) bond motifs is 7. The van der Waals surface area contributed by atoms with Gasteiger partial charge in [-0.15, -0.1) is 0 Å². The van der Waals surface area contributed by atoms with Crippen LogP contribution in [0.15, 0.2) is 60.7 Å². The summed E-state index contributed by atoms with van der Waals surface area (Å²) in [5, 5.41) is 6.17. The Bertz CT molecular complexity index is 1580. The third-order valence-corrected chi connectivity index (χ3v) is 9.21. The number of carbonyl (C=O) groups excluding carboxylic acids is 3. The Kier molecular flexibility index (Phi) is 5.01. The van der Waals surface area contributed by atoms with Crippen molar-refractivity contribution >= 4 is 29.0 Å². The highest BCUT2D eigenvalue weighted by Crippen LogP contribution is 2.68. The number of benzene rings is 3. The summed E-state index contributed by atoms with van der Waals surface area (Å²) in [7, 11) is 3.07. The second-order valence-electron chi connectivity index (χ2n) is 10.8. The topological polar surface area (TPSA) is 97.0 Å². The van der Waals surface area contributed by atoms with Gasteiger partial charge in [-0.3, -0.25) is 19.3 Å². The fraction of sp³-hybridized carbons (Fsp3) is 0.323. The van der Waals surface area contributed by atoms with Crippen LogP contribution in [0.3, 0.4) is 0 Å². The van der Waals surface area contributed by atoms with Crippen molar-refractivity contribution in [3.63, 3.8) is 0 Å². The zero-order valence-electron chi connectivity index (χ0n) is 22.0. The molecule has 2 amide bonds. The first-order chi connectivity index (χ1) is 18.9. The highest BCUT2D eigenvalue weighted by molar-refractivity contribution is 6.21. The van der Waals surface area contributed by atoms with Crippen LogP contribution in [-0.4, -0.2) is 49.3 Å². The molecule has 0 radical (unpaired) electrons. The van der Waals surface area contributed by atoms with Gasteiger partial charge in [0.05, 0.1) is 25.7 Å². The smallest absolute Gasteiger partial charge is 0.251 e. The molecule has 0 bridgehead atoms. The number of rotatable bonds is 4. The molecule has 39 heavy (non-hydrogen) atoms. The summed E-state index contributed by atoms with van der Waals surface area (Å²) in [6, 6.07) is 18.1. The number of aryl methyl sites for hydroxylation is 1. The van der Waals surface area contributed by atoms with Crippen molar-refractivity contribution in [2.45, 2.75) is 36.8 Å². The standard InChI is InChI=1S/C31H29N3O5/c1-17-10-13-23-21(15-17)31(29(37)33-23)30(20-7-4-5-8-22(20)32-28(30)36)26(24-9-6-14-34(24)31)27(35)19-12-11-18(38-2)16-25(19)39-3/h4-5,7-8,10-13,15-16,24,26H,6,9,14H2,1-3H3,(H,32,36)(H,33,37). The predicted octanol–water partition coefficient (Wildman–Crippen LogP) is 4.03. The number of para-hydroxylation sites is 1. The summed E-state index contributed by atoms with van der Waals surface area (Å²) in [5.74, 6) is -0.703. The molecule has 4 heterocycles. The molecular formula is C31H29N3O5. The Balaban J connectivity index is 1.57. The first-order valence-electron chi connectivity index (χ1n) is 13.3. The lowest BCUT2D eigenvalue weighted by molar-refractivity contribution is -0.137. The summed E-state index contributed by atoms with van der Waals surface area (Å²) < 4.78 is 11.0. The molecule has 4 atom stereocenters. The third-order valence-electron chi connectivity index (χ3n) is 9.21. The van der Waals surface area contributed by atoms with Gasteiger partial charge in [0.2, 0.25) is 5.91 Å². The van der Waals surface area contributed by atoms with Crippen LogP contribution in [0.5, 0.6) is 11.5 Å². The van der Waals surface area contributed by atoms with E-state index in [9.17, 15) is 14.4 Å². The van der Waals surface area contributed by atoms with Crippen molar-refractivity contribution in [1.82, 2.24) is 4.90 Å². The minimum atomic E-state index is -1.49. The number of anilines is 2. The molecule has 2 saturated heterocycles. The molecule has 0 saturated carbocycles. The zero-order valence-corrected chi connectivity index (χ0v) is 22.0. The molecule has 0 aromatic heterocycles. The van der Waals surface area contributed by atoms with Gasteiger partial charge < -0.3 is 20.1 Å². The molecule has 4 aliphatic heterocycles. The van der Waals surface area contributed by atoms with Crippen molar-refractivity contribution in [1.29, 1.82) is 0 Å². The van der Waals surface area contributed by atoms with Gasteiger partial charge in [-0.2, -0.15) is 0 Å². The SMILES string of the molecule is COc1ccc(C(=O)C2C3CCCN3C3(C(=O)Nc4ccc(C)cc43)C23C(=O)Nc2ccccc23)c(OC)c1. The van der Waals surface area contributed by atoms with Gasteiger partial charge in [-0.05, 0) is 56.1 Å². The maximum absolute atomic E-state index is 14.9. The van der Waals surface area contributed by atoms with Crippen LogP contribution in [-0.2, 0) is 20.5 Å². The van der Waals surface area contributed by atoms with E-state index in [2.05, 4.69) is 15.5 Å². The number of hydrogen-bond donors (Lipinski definition) is 2. The molecular weight excluding hydrogens is 494 g/mol. The number of ether oxygens (including phenoxy) is 2. The van der Waals surface area contributed by atoms with E-state index in [1.54, 1.807) is 25.3 Å². The Morgan fingerprint density at radius 2 is 1.69 bits per heavy atom. The second kappa shape index (κ2) is 8.16.